The van der Waals surface area contributed by atoms with E-state index in [0.29, 0.717) is 22.3 Å². The number of ether oxygens (including phenoxy) is 1. The Labute approximate surface area is 154 Å². The molecule has 8 heteroatoms. The summed E-state index contributed by atoms with van der Waals surface area (Å²) in [5.41, 5.74) is 2.78. The molecule has 26 heavy (non-hydrogen) atoms. The second-order valence-corrected chi connectivity index (χ2v) is 6.45. The predicted octanol–water partition coefficient (Wildman–Crippen LogP) is 3.26. The third-order valence-electron chi connectivity index (χ3n) is 3.52. The molecule has 3 aromatic rings. The highest BCUT2D eigenvalue weighted by Gasteiger charge is 2.11. The Kier molecular flexibility index (Phi) is 5.43. The number of nitrogens with zero attached hydrogens (tertiary/aromatic N) is 1. The number of rotatable bonds is 6. The van der Waals surface area contributed by atoms with E-state index in [0.717, 1.165) is 11.0 Å². The molecule has 0 spiro atoms. The maximum atomic E-state index is 12.3. The Morgan fingerprint density at radius 3 is 2.69 bits per heavy atom. The zero-order chi connectivity index (χ0) is 18.5. The highest BCUT2D eigenvalue weighted by Crippen LogP contribution is 2.27. The molecule has 1 aromatic heterocycles. The lowest BCUT2D eigenvalue weighted by Crippen LogP contribution is -2.17. The fourth-order valence-electron chi connectivity index (χ4n) is 2.37. The van der Waals surface area contributed by atoms with Gasteiger partial charge >= 0.3 is 0 Å². The van der Waals surface area contributed by atoms with E-state index in [1.165, 1.54) is 25.8 Å². The first kappa shape index (κ1) is 17.8. The van der Waals surface area contributed by atoms with Crippen molar-refractivity contribution < 1.29 is 14.3 Å². The number of carbonyl (C=O) groups is 2. The van der Waals surface area contributed by atoms with Crippen molar-refractivity contribution in [1.82, 2.24) is 9.97 Å². The Bertz CT molecular complexity index is 922. The first-order valence-corrected chi connectivity index (χ1v) is 8.87. The van der Waals surface area contributed by atoms with Crippen LogP contribution < -0.4 is 15.4 Å². The molecule has 2 aromatic carbocycles. The highest BCUT2D eigenvalue weighted by atomic mass is 32.2. The number of amides is 2. The van der Waals surface area contributed by atoms with Crippen LogP contribution in [0.15, 0.2) is 47.6 Å². The van der Waals surface area contributed by atoms with Gasteiger partial charge < -0.3 is 20.4 Å². The summed E-state index contributed by atoms with van der Waals surface area (Å²) < 4.78 is 5.18. The van der Waals surface area contributed by atoms with Gasteiger partial charge in [-0.3, -0.25) is 9.59 Å². The lowest BCUT2D eigenvalue weighted by molar-refractivity contribution is -0.115. The van der Waals surface area contributed by atoms with Gasteiger partial charge in [-0.2, -0.15) is 0 Å². The van der Waals surface area contributed by atoms with Crippen LogP contribution in [0.25, 0.3) is 11.0 Å². The summed E-state index contributed by atoms with van der Waals surface area (Å²) in [5.74, 6) is 0.327. The van der Waals surface area contributed by atoms with E-state index in [4.69, 9.17) is 4.74 Å². The number of anilines is 2. The number of hydrogen-bond donors (Lipinski definition) is 3. The number of aromatic nitrogens is 2. The van der Waals surface area contributed by atoms with E-state index >= 15 is 0 Å². The van der Waals surface area contributed by atoms with E-state index in [1.54, 1.807) is 18.2 Å². The average molecular weight is 370 g/mol. The minimum atomic E-state index is -0.220. The molecule has 0 radical (unpaired) electrons. The first-order chi connectivity index (χ1) is 12.5. The van der Waals surface area contributed by atoms with Gasteiger partial charge in [-0.1, -0.05) is 23.9 Å². The molecular formula is C18H18N4O3S. The van der Waals surface area contributed by atoms with Crippen molar-refractivity contribution in [3.8, 4) is 5.75 Å². The third kappa shape index (κ3) is 4.34. The molecule has 0 bridgehead atoms. The van der Waals surface area contributed by atoms with Gasteiger partial charge in [0.15, 0.2) is 5.16 Å². The van der Waals surface area contributed by atoms with Crippen molar-refractivity contribution >= 4 is 46.0 Å². The zero-order valence-corrected chi connectivity index (χ0v) is 15.1. The topological polar surface area (TPSA) is 96.1 Å². The van der Waals surface area contributed by atoms with E-state index in [1.807, 2.05) is 24.3 Å². The van der Waals surface area contributed by atoms with E-state index < -0.39 is 0 Å². The van der Waals surface area contributed by atoms with Crippen molar-refractivity contribution in [3.05, 3.63) is 42.5 Å². The van der Waals surface area contributed by atoms with Gasteiger partial charge in [-0.15, -0.1) is 0 Å². The van der Waals surface area contributed by atoms with Gasteiger partial charge in [0, 0.05) is 13.0 Å². The number of hydrogen-bond acceptors (Lipinski definition) is 5. The molecule has 0 aliphatic carbocycles. The first-order valence-electron chi connectivity index (χ1n) is 7.88. The van der Waals surface area contributed by atoms with Gasteiger partial charge in [0.2, 0.25) is 11.8 Å². The average Bonchev–Trinajstić information content (AvgIpc) is 3.04. The van der Waals surface area contributed by atoms with Crippen LogP contribution in [0.3, 0.4) is 0 Å². The third-order valence-corrected chi connectivity index (χ3v) is 4.39. The number of carbonyl (C=O) groups excluding carboxylic acids is 2. The molecule has 2 amide bonds. The standard InChI is InChI=1S/C18H18N4O3S/c1-11(23)19-15-8-7-12(25-2)9-16(15)20-17(24)10-26-18-21-13-5-3-4-6-14(13)22-18/h3-9H,10H2,1-2H3,(H,19,23)(H,20,24)(H,21,22). The molecular weight excluding hydrogens is 352 g/mol. The summed E-state index contributed by atoms with van der Waals surface area (Å²) in [7, 11) is 1.54. The number of imidazole rings is 1. The van der Waals surface area contributed by atoms with Crippen LogP contribution in [0.1, 0.15) is 6.92 Å². The molecule has 0 saturated carbocycles. The Hall–Kier alpha value is -3.00. The summed E-state index contributed by atoms with van der Waals surface area (Å²) in [6.45, 7) is 1.41. The number of aromatic amines is 1. The van der Waals surface area contributed by atoms with E-state index in [-0.39, 0.29) is 17.6 Å². The van der Waals surface area contributed by atoms with Crippen molar-refractivity contribution in [1.29, 1.82) is 0 Å². The number of nitrogens with one attached hydrogen (secondary N) is 3. The molecule has 0 aliphatic heterocycles. The molecule has 0 aliphatic rings. The van der Waals surface area contributed by atoms with Crippen molar-refractivity contribution in [2.75, 3.05) is 23.5 Å². The summed E-state index contributed by atoms with van der Waals surface area (Å²) in [5, 5.41) is 6.16. The SMILES string of the molecule is COc1ccc(NC(C)=O)c(NC(=O)CSc2nc3ccccc3[nH]2)c1. The van der Waals surface area contributed by atoms with Gasteiger partial charge in [-0.05, 0) is 24.3 Å². The zero-order valence-electron chi connectivity index (χ0n) is 14.3. The molecule has 1 heterocycles. The second-order valence-electron chi connectivity index (χ2n) is 5.49. The summed E-state index contributed by atoms with van der Waals surface area (Å²) in [4.78, 5) is 31.2. The number of para-hydroxylation sites is 2. The normalized spacial score (nSPS) is 10.5. The van der Waals surface area contributed by atoms with E-state index in [2.05, 4.69) is 20.6 Å². The number of thioether (sulfide) groups is 1. The van der Waals surface area contributed by atoms with E-state index in [9.17, 15) is 9.59 Å². The van der Waals surface area contributed by atoms with Crippen LogP contribution in [0.5, 0.6) is 5.75 Å². The monoisotopic (exact) mass is 370 g/mol. The largest absolute Gasteiger partial charge is 0.497 e. The highest BCUT2D eigenvalue weighted by molar-refractivity contribution is 7.99. The summed E-state index contributed by atoms with van der Waals surface area (Å²) in [6.07, 6.45) is 0. The Morgan fingerprint density at radius 2 is 1.96 bits per heavy atom. The molecule has 0 unspecified atom stereocenters. The fourth-order valence-corrected chi connectivity index (χ4v) is 3.06. The predicted molar refractivity (Wildman–Crippen MR) is 103 cm³/mol. The maximum absolute atomic E-state index is 12.3. The molecule has 134 valence electrons. The molecule has 3 N–H and O–H groups in total. The summed E-state index contributed by atoms with van der Waals surface area (Å²) >= 11 is 1.31. The van der Waals surface area contributed by atoms with Crippen LogP contribution in [0.2, 0.25) is 0 Å². The number of H-pyrrole nitrogens is 1. The second kappa shape index (κ2) is 7.92. The quantitative estimate of drug-likeness (QED) is 0.579. The minimum Gasteiger partial charge on any atom is -0.497 e. The molecule has 0 saturated heterocycles. The Balaban J connectivity index is 1.67. The van der Waals surface area contributed by atoms with Crippen LogP contribution >= 0.6 is 11.8 Å². The van der Waals surface area contributed by atoms with Gasteiger partial charge in [0.05, 0.1) is 35.3 Å². The van der Waals surface area contributed by atoms with Gasteiger partial charge in [-0.25, -0.2) is 4.98 Å². The minimum absolute atomic E-state index is 0.177. The van der Waals surface area contributed by atoms with Crippen molar-refractivity contribution in [3.63, 3.8) is 0 Å². The summed E-state index contributed by atoms with van der Waals surface area (Å²) in [6, 6.07) is 12.7. The lowest BCUT2D eigenvalue weighted by Gasteiger charge is -2.12. The Morgan fingerprint density at radius 1 is 1.15 bits per heavy atom. The van der Waals surface area contributed by atoms with Crippen molar-refractivity contribution in [2.45, 2.75) is 12.1 Å². The smallest absolute Gasteiger partial charge is 0.234 e. The van der Waals surface area contributed by atoms with Crippen LogP contribution in [0.4, 0.5) is 11.4 Å². The fraction of sp³-hybridized carbons (Fsp3) is 0.167. The van der Waals surface area contributed by atoms with Crippen LogP contribution in [-0.2, 0) is 9.59 Å². The molecule has 3 rings (SSSR count). The molecule has 0 fully saturated rings. The number of fused-ring (bicyclic) bond motifs is 1. The number of methoxy groups -OCH3 is 1. The lowest BCUT2D eigenvalue weighted by atomic mass is 10.2. The maximum Gasteiger partial charge on any atom is 0.234 e. The van der Waals surface area contributed by atoms with Crippen LogP contribution in [-0.4, -0.2) is 34.6 Å². The van der Waals surface area contributed by atoms with Crippen molar-refractivity contribution in [2.24, 2.45) is 0 Å². The van der Waals surface area contributed by atoms with Gasteiger partial charge in [0.1, 0.15) is 5.75 Å². The van der Waals surface area contributed by atoms with Gasteiger partial charge in [0.25, 0.3) is 0 Å². The van der Waals surface area contributed by atoms with Crippen LogP contribution in [0, 0.1) is 0 Å². The molecule has 7 nitrogen and oxygen atoms in total. The molecule has 0 atom stereocenters. The number of benzene rings is 2.